The quantitative estimate of drug-likeness (QED) is 0.661. The zero-order chi connectivity index (χ0) is 7.90. The maximum absolute atomic E-state index is 11.3. The van der Waals surface area contributed by atoms with E-state index < -0.39 is 10.0 Å². The van der Waals surface area contributed by atoms with E-state index in [2.05, 4.69) is 10.0 Å². The van der Waals surface area contributed by atoms with Gasteiger partial charge in [-0.3, -0.25) is 0 Å². The van der Waals surface area contributed by atoms with Gasteiger partial charge in [-0.2, -0.15) is 0 Å². The van der Waals surface area contributed by atoms with Crippen molar-refractivity contribution in [2.75, 3.05) is 13.1 Å². The summed E-state index contributed by atoms with van der Waals surface area (Å²) < 4.78 is 25.2. The van der Waals surface area contributed by atoms with Crippen LogP contribution >= 0.6 is 12.4 Å². The van der Waals surface area contributed by atoms with E-state index in [0.29, 0.717) is 0 Å². The fraction of sp³-hybridized carbons (Fsp3) is 1.00. The van der Waals surface area contributed by atoms with Gasteiger partial charge in [0.25, 0.3) is 0 Å². The zero-order valence-corrected chi connectivity index (χ0v) is 8.25. The fourth-order valence-corrected chi connectivity index (χ4v) is 2.66. The molecule has 1 saturated heterocycles. The Kier molecular flexibility index (Phi) is 2.98. The van der Waals surface area contributed by atoms with Crippen LogP contribution in [0.3, 0.4) is 0 Å². The third kappa shape index (κ3) is 2.10. The smallest absolute Gasteiger partial charge is 0.214 e. The van der Waals surface area contributed by atoms with Crippen molar-refractivity contribution in [3.8, 4) is 0 Å². The number of halogens is 1. The molecule has 1 aliphatic heterocycles. The third-order valence-corrected chi connectivity index (χ3v) is 4.09. The van der Waals surface area contributed by atoms with Crippen LogP contribution in [0, 0.1) is 0 Å². The molecule has 2 fully saturated rings. The Morgan fingerprint density at radius 3 is 2.17 bits per heavy atom. The second-order valence-electron chi connectivity index (χ2n) is 3.22. The van der Waals surface area contributed by atoms with Crippen molar-refractivity contribution >= 4 is 22.4 Å². The van der Waals surface area contributed by atoms with E-state index in [0.717, 1.165) is 25.9 Å². The normalized spacial score (nSPS) is 24.3. The highest BCUT2D eigenvalue weighted by Gasteiger charge is 2.37. The number of rotatable bonds is 3. The second-order valence-corrected chi connectivity index (χ2v) is 5.21. The molecule has 0 radical (unpaired) electrons. The summed E-state index contributed by atoms with van der Waals surface area (Å²) in [5.41, 5.74) is 0. The van der Waals surface area contributed by atoms with E-state index in [9.17, 15) is 8.42 Å². The van der Waals surface area contributed by atoms with Crippen LogP contribution in [0.1, 0.15) is 12.8 Å². The minimum absolute atomic E-state index is 0. The molecule has 0 unspecified atom stereocenters. The monoisotopic (exact) mass is 212 g/mol. The lowest BCUT2D eigenvalue weighted by Gasteiger charge is -2.27. The Morgan fingerprint density at radius 2 is 1.83 bits per heavy atom. The molecule has 0 aromatic carbocycles. The van der Waals surface area contributed by atoms with E-state index >= 15 is 0 Å². The predicted octanol–water partition coefficient (Wildman–Crippen LogP) is -0.538. The van der Waals surface area contributed by atoms with Gasteiger partial charge in [-0.1, -0.05) is 0 Å². The molecule has 2 rings (SSSR count). The third-order valence-electron chi connectivity index (χ3n) is 2.08. The van der Waals surface area contributed by atoms with Gasteiger partial charge >= 0.3 is 0 Å². The SMILES string of the molecule is Cl.O=S(=O)(NC1CNC1)C1CC1. The van der Waals surface area contributed by atoms with Gasteiger partial charge in [0.1, 0.15) is 0 Å². The average Bonchev–Trinajstić information content (AvgIpc) is 2.58. The molecule has 6 heteroatoms. The van der Waals surface area contributed by atoms with Crippen LogP contribution in [0.2, 0.25) is 0 Å². The Bertz CT molecular complexity index is 246. The van der Waals surface area contributed by atoms with Gasteiger partial charge in [-0.25, -0.2) is 13.1 Å². The summed E-state index contributed by atoms with van der Waals surface area (Å²) in [7, 11) is -2.94. The van der Waals surface area contributed by atoms with Gasteiger partial charge in [0.15, 0.2) is 0 Å². The summed E-state index contributed by atoms with van der Waals surface area (Å²) in [6.07, 6.45) is 1.69. The standard InChI is InChI=1S/C6H12N2O2S.ClH/c9-11(10,6-1-2-6)8-5-3-7-4-5;/h5-8H,1-4H2;1H. The molecule has 0 aromatic heterocycles. The highest BCUT2D eigenvalue weighted by atomic mass is 35.5. The summed E-state index contributed by atoms with van der Waals surface area (Å²) in [5, 5.41) is 2.94. The van der Waals surface area contributed by atoms with E-state index in [1.165, 1.54) is 0 Å². The minimum Gasteiger partial charge on any atom is -0.313 e. The molecule has 0 bridgehead atoms. The lowest BCUT2D eigenvalue weighted by atomic mass is 10.2. The van der Waals surface area contributed by atoms with Gasteiger partial charge in [0.2, 0.25) is 10.0 Å². The molecule has 1 heterocycles. The lowest BCUT2D eigenvalue weighted by Crippen LogP contribution is -2.57. The predicted molar refractivity (Wildman–Crippen MR) is 49.0 cm³/mol. The first-order chi connectivity index (χ1) is 5.18. The maximum Gasteiger partial charge on any atom is 0.214 e. The van der Waals surface area contributed by atoms with Crippen LogP contribution in [0.5, 0.6) is 0 Å². The Hall–Kier alpha value is 0.160. The number of nitrogens with one attached hydrogen (secondary N) is 2. The van der Waals surface area contributed by atoms with Crippen molar-refractivity contribution in [2.45, 2.75) is 24.1 Å². The van der Waals surface area contributed by atoms with Crippen LogP contribution in [0.4, 0.5) is 0 Å². The Balaban J connectivity index is 0.000000720. The molecule has 12 heavy (non-hydrogen) atoms. The largest absolute Gasteiger partial charge is 0.313 e. The highest BCUT2D eigenvalue weighted by molar-refractivity contribution is 7.90. The number of sulfonamides is 1. The van der Waals surface area contributed by atoms with Crippen LogP contribution in [0.25, 0.3) is 0 Å². The van der Waals surface area contributed by atoms with Crippen LogP contribution in [0.15, 0.2) is 0 Å². The Morgan fingerprint density at radius 1 is 1.25 bits per heavy atom. The lowest BCUT2D eigenvalue weighted by molar-refractivity contribution is 0.410. The van der Waals surface area contributed by atoms with Crippen molar-refractivity contribution in [1.82, 2.24) is 10.0 Å². The molecule has 0 spiro atoms. The van der Waals surface area contributed by atoms with Crippen molar-refractivity contribution in [3.63, 3.8) is 0 Å². The van der Waals surface area contributed by atoms with Crippen molar-refractivity contribution in [3.05, 3.63) is 0 Å². The van der Waals surface area contributed by atoms with Gasteiger partial charge < -0.3 is 5.32 Å². The van der Waals surface area contributed by atoms with Gasteiger partial charge in [0.05, 0.1) is 5.25 Å². The zero-order valence-electron chi connectivity index (χ0n) is 6.62. The van der Waals surface area contributed by atoms with Crippen molar-refractivity contribution in [2.24, 2.45) is 0 Å². The molecule has 1 saturated carbocycles. The number of hydrogen-bond donors (Lipinski definition) is 2. The second kappa shape index (κ2) is 3.49. The van der Waals surface area contributed by atoms with E-state index in [-0.39, 0.29) is 23.7 Å². The van der Waals surface area contributed by atoms with E-state index in [4.69, 9.17) is 0 Å². The molecule has 4 nitrogen and oxygen atoms in total. The topological polar surface area (TPSA) is 58.2 Å². The minimum atomic E-state index is -2.94. The van der Waals surface area contributed by atoms with Gasteiger partial charge in [-0.15, -0.1) is 12.4 Å². The molecular formula is C6H13ClN2O2S. The summed E-state index contributed by atoms with van der Waals surface area (Å²) in [6.45, 7) is 1.57. The van der Waals surface area contributed by atoms with Crippen LogP contribution in [-0.4, -0.2) is 32.8 Å². The van der Waals surface area contributed by atoms with Crippen molar-refractivity contribution in [1.29, 1.82) is 0 Å². The number of hydrogen-bond acceptors (Lipinski definition) is 3. The van der Waals surface area contributed by atoms with E-state index in [1.807, 2.05) is 0 Å². The first-order valence-corrected chi connectivity index (χ1v) is 5.45. The first kappa shape index (κ1) is 10.2. The Labute approximate surface area is 78.6 Å². The van der Waals surface area contributed by atoms with Crippen LogP contribution in [-0.2, 0) is 10.0 Å². The molecule has 0 atom stereocenters. The highest BCUT2D eigenvalue weighted by Crippen LogP contribution is 2.27. The molecule has 1 aliphatic carbocycles. The molecule has 0 aromatic rings. The summed E-state index contributed by atoms with van der Waals surface area (Å²) >= 11 is 0. The average molecular weight is 213 g/mol. The maximum atomic E-state index is 11.3. The van der Waals surface area contributed by atoms with Crippen molar-refractivity contribution < 1.29 is 8.42 Å². The summed E-state index contributed by atoms with van der Waals surface area (Å²) in [4.78, 5) is 0. The molecule has 2 N–H and O–H groups in total. The summed E-state index contributed by atoms with van der Waals surface area (Å²) in [6, 6.07) is 0.153. The summed E-state index contributed by atoms with van der Waals surface area (Å²) in [5.74, 6) is 0. The fourth-order valence-electron chi connectivity index (χ4n) is 1.08. The van der Waals surface area contributed by atoms with Crippen LogP contribution < -0.4 is 10.0 Å². The van der Waals surface area contributed by atoms with Gasteiger partial charge in [0, 0.05) is 19.1 Å². The van der Waals surface area contributed by atoms with Gasteiger partial charge in [-0.05, 0) is 12.8 Å². The first-order valence-electron chi connectivity index (χ1n) is 3.90. The molecule has 0 amide bonds. The van der Waals surface area contributed by atoms with E-state index in [1.54, 1.807) is 0 Å². The molecule has 72 valence electrons. The molecular weight excluding hydrogens is 200 g/mol. The molecule has 2 aliphatic rings.